The van der Waals surface area contributed by atoms with Crippen molar-refractivity contribution in [2.45, 2.75) is 26.3 Å². The predicted molar refractivity (Wildman–Crippen MR) is 43.3 cm³/mol. The van der Waals surface area contributed by atoms with Crippen LogP contribution in [0.25, 0.3) is 0 Å². The Morgan fingerprint density at radius 1 is 1.70 bits per heavy atom. The van der Waals surface area contributed by atoms with Crippen LogP contribution >= 0.6 is 0 Å². The van der Waals surface area contributed by atoms with Gasteiger partial charge >= 0.3 is 0 Å². The smallest absolute Gasteiger partial charge is 0.0580 e. The Balaban J connectivity index is 2.42. The number of hydrogen-bond acceptors (Lipinski definition) is 1. The molecule has 2 unspecified atom stereocenters. The third-order valence-electron chi connectivity index (χ3n) is 2.01. The Morgan fingerprint density at radius 2 is 2.50 bits per heavy atom. The number of nitrogens with one attached hydrogen (secondary N) is 1. The zero-order chi connectivity index (χ0) is 7.40. The zero-order valence-electron chi connectivity index (χ0n) is 6.59. The summed E-state index contributed by atoms with van der Waals surface area (Å²) in [7, 11) is 0. The summed E-state index contributed by atoms with van der Waals surface area (Å²) in [5.74, 6) is 0.706. The first-order valence-corrected chi connectivity index (χ1v) is 3.85. The normalized spacial score (nSPS) is 26.0. The lowest BCUT2D eigenvalue weighted by Crippen LogP contribution is -2.30. The van der Waals surface area contributed by atoms with E-state index < -0.39 is 0 Å². The molecule has 1 radical (unpaired) electrons. The van der Waals surface area contributed by atoms with Gasteiger partial charge in [0.15, 0.2) is 0 Å². The first-order valence-electron chi connectivity index (χ1n) is 3.85. The van der Waals surface area contributed by atoms with Gasteiger partial charge in [0.25, 0.3) is 0 Å². The second-order valence-electron chi connectivity index (χ2n) is 2.75. The fraction of sp³-hybridized carbons (Fsp3) is 0.556. The van der Waals surface area contributed by atoms with E-state index in [2.05, 4.69) is 31.4 Å². The highest BCUT2D eigenvalue weighted by Crippen LogP contribution is 2.10. The van der Waals surface area contributed by atoms with Crippen LogP contribution in [0, 0.1) is 12.1 Å². The SMILES string of the molecule is CCC(C)C1C=CC=[C]N1. The van der Waals surface area contributed by atoms with E-state index in [1.54, 1.807) is 0 Å². The molecule has 0 aromatic heterocycles. The van der Waals surface area contributed by atoms with Gasteiger partial charge in [-0.25, -0.2) is 0 Å². The molecule has 55 valence electrons. The molecule has 0 bridgehead atoms. The van der Waals surface area contributed by atoms with Crippen LogP contribution in [-0.2, 0) is 0 Å². The maximum atomic E-state index is 3.18. The highest BCUT2D eigenvalue weighted by atomic mass is 14.9. The van der Waals surface area contributed by atoms with Crippen molar-refractivity contribution in [3.8, 4) is 0 Å². The van der Waals surface area contributed by atoms with E-state index in [0.717, 1.165) is 0 Å². The van der Waals surface area contributed by atoms with Crippen molar-refractivity contribution in [3.05, 3.63) is 24.4 Å². The van der Waals surface area contributed by atoms with Crippen molar-refractivity contribution in [3.63, 3.8) is 0 Å². The van der Waals surface area contributed by atoms with Crippen LogP contribution in [0.2, 0.25) is 0 Å². The molecule has 1 heterocycles. The number of rotatable bonds is 2. The van der Waals surface area contributed by atoms with E-state index in [4.69, 9.17) is 0 Å². The molecule has 1 N–H and O–H groups in total. The van der Waals surface area contributed by atoms with E-state index in [0.29, 0.717) is 12.0 Å². The summed E-state index contributed by atoms with van der Waals surface area (Å²) in [4.78, 5) is 0. The molecule has 0 aromatic carbocycles. The molecule has 1 rings (SSSR count). The average molecular weight is 136 g/mol. The lowest BCUT2D eigenvalue weighted by atomic mass is 9.98. The summed E-state index contributed by atoms with van der Waals surface area (Å²) in [6.07, 6.45) is 10.3. The first kappa shape index (κ1) is 7.39. The molecule has 1 heteroatoms. The van der Waals surface area contributed by atoms with Crippen LogP contribution in [0.5, 0.6) is 0 Å². The van der Waals surface area contributed by atoms with Crippen LogP contribution in [0.15, 0.2) is 18.2 Å². The van der Waals surface area contributed by atoms with Crippen LogP contribution in [0.3, 0.4) is 0 Å². The van der Waals surface area contributed by atoms with Gasteiger partial charge in [-0.3, -0.25) is 0 Å². The Morgan fingerprint density at radius 3 is 3.00 bits per heavy atom. The maximum Gasteiger partial charge on any atom is 0.0580 e. The number of allylic oxidation sites excluding steroid dienone is 2. The van der Waals surface area contributed by atoms with Gasteiger partial charge in [0.05, 0.1) is 6.20 Å². The van der Waals surface area contributed by atoms with Gasteiger partial charge in [0.2, 0.25) is 0 Å². The molecule has 1 aliphatic rings. The number of hydrogen-bond donors (Lipinski definition) is 1. The van der Waals surface area contributed by atoms with Gasteiger partial charge in [-0.15, -0.1) is 0 Å². The monoisotopic (exact) mass is 136 g/mol. The van der Waals surface area contributed by atoms with E-state index in [1.807, 2.05) is 12.2 Å². The van der Waals surface area contributed by atoms with Crippen LogP contribution in [-0.4, -0.2) is 6.04 Å². The molecular formula is C9H14N. The summed E-state index contributed by atoms with van der Waals surface area (Å²) in [5.41, 5.74) is 0. The lowest BCUT2D eigenvalue weighted by molar-refractivity contribution is 0.453. The topological polar surface area (TPSA) is 12.0 Å². The van der Waals surface area contributed by atoms with Gasteiger partial charge in [0, 0.05) is 6.04 Å². The van der Waals surface area contributed by atoms with Crippen molar-refractivity contribution in [2.75, 3.05) is 0 Å². The standard InChI is InChI=1S/C9H14N/c1-3-8(2)9-6-4-5-7-10-9/h4-6,8-10H,3H2,1-2H3. The highest BCUT2D eigenvalue weighted by molar-refractivity contribution is 5.09. The van der Waals surface area contributed by atoms with E-state index in [-0.39, 0.29) is 0 Å². The largest absolute Gasteiger partial charge is 0.377 e. The summed E-state index contributed by atoms with van der Waals surface area (Å²) in [5, 5.41) is 3.18. The molecule has 1 nitrogen and oxygen atoms in total. The highest BCUT2D eigenvalue weighted by Gasteiger charge is 2.10. The van der Waals surface area contributed by atoms with E-state index in [9.17, 15) is 0 Å². The molecule has 0 saturated heterocycles. The molecule has 1 aliphatic heterocycles. The number of dihydropyridines is 1. The minimum Gasteiger partial charge on any atom is -0.377 e. The Bertz CT molecular complexity index is 147. The molecule has 2 atom stereocenters. The van der Waals surface area contributed by atoms with Crippen molar-refractivity contribution in [1.82, 2.24) is 5.32 Å². The second kappa shape index (κ2) is 3.45. The molecule has 0 saturated carbocycles. The van der Waals surface area contributed by atoms with E-state index in [1.165, 1.54) is 6.42 Å². The summed E-state index contributed by atoms with van der Waals surface area (Å²) in [6.45, 7) is 4.45. The van der Waals surface area contributed by atoms with Gasteiger partial charge in [-0.1, -0.05) is 32.4 Å². The first-order chi connectivity index (χ1) is 4.84. The maximum absolute atomic E-state index is 3.18. The van der Waals surface area contributed by atoms with Crippen molar-refractivity contribution in [2.24, 2.45) is 5.92 Å². The van der Waals surface area contributed by atoms with Crippen molar-refractivity contribution in [1.29, 1.82) is 0 Å². The van der Waals surface area contributed by atoms with Crippen LogP contribution in [0.1, 0.15) is 20.3 Å². The van der Waals surface area contributed by atoms with Gasteiger partial charge in [-0.05, 0) is 12.0 Å². The summed E-state index contributed by atoms with van der Waals surface area (Å²) >= 11 is 0. The van der Waals surface area contributed by atoms with Gasteiger partial charge in [0.1, 0.15) is 0 Å². The van der Waals surface area contributed by atoms with Crippen LogP contribution < -0.4 is 5.32 Å². The molecule has 0 spiro atoms. The fourth-order valence-corrected chi connectivity index (χ4v) is 1.00. The molecule has 10 heavy (non-hydrogen) atoms. The van der Waals surface area contributed by atoms with Crippen molar-refractivity contribution >= 4 is 0 Å². The average Bonchev–Trinajstić information content (AvgIpc) is 2.05. The lowest BCUT2D eigenvalue weighted by Gasteiger charge is -2.20. The Hall–Kier alpha value is -0.720. The zero-order valence-corrected chi connectivity index (χ0v) is 6.59. The Labute approximate surface area is 62.8 Å². The third-order valence-corrected chi connectivity index (χ3v) is 2.01. The molecule has 0 fully saturated rings. The quantitative estimate of drug-likeness (QED) is 0.611. The van der Waals surface area contributed by atoms with Gasteiger partial charge < -0.3 is 5.32 Å². The Kier molecular flexibility index (Phi) is 2.55. The minimum atomic E-state index is 0.495. The fourth-order valence-electron chi connectivity index (χ4n) is 1.00. The third kappa shape index (κ3) is 1.63. The molecule has 0 aliphatic carbocycles. The van der Waals surface area contributed by atoms with E-state index >= 15 is 0 Å². The van der Waals surface area contributed by atoms with Crippen molar-refractivity contribution < 1.29 is 0 Å². The molecule has 0 aromatic rings. The molecular weight excluding hydrogens is 122 g/mol. The second-order valence-corrected chi connectivity index (χ2v) is 2.75. The summed E-state index contributed by atoms with van der Waals surface area (Å²) in [6, 6.07) is 0.495. The van der Waals surface area contributed by atoms with Gasteiger partial charge in [-0.2, -0.15) is 0 Å². The summed E-state index contributed by atoms with van der Waals surface area (Å²) < 4.78 is 0. The predicted octanol–water partition coefficient (Wildman–Crippen LogP) is 1.88. The van der Waals surface area contributed by atoms with Crippen LogP contribution in [0.4, 0.5) is 0 Å². The molecule has 0 amide bonds. The minimum absolute atomic E-state index is 0.495.